The zero-order chi connectivity index (χ0) is 22.6. The van der Waals surface area contributed by atoms with Crippen molar-refractivity contribution in [1.29, 1.82) is 0 Å². The van der Waals surface area contributed by atoms with E-state index in [4.69, 9.17) is 9.97 Å². The van der Waals surface area contributed by atoms with Crippen molar-refractivity contribution in [3.05, 3.63) is 72.4 Å². The number of nitrogens with zero attached hydrogens (tertiary/aromatic N) is 3. The maximum Gasteiger partial charge on any atom is 0.224 e. The van der Waals surface area contributed by atoms with Crippen molar-refractivity contribution < 1.29 is 4.79 Å². The average molecular weight is 457 g/mol. The minimum absolute atomic E-state index is 0.00627. The van der Waals surface area contributed by atoms with Crippen LogP contribution >= 0.6 is 11.8 Å². The van der Waals surface area contributed by atoms with Gasteiger partial charge in [-0.25, -0.2) is 9.97 Å². The topological polar surface area (TPSA) is 95.6 Å². The number of nitrogens with one attached hydrogen (secondary N) is 3. The molecule has 3 N–H and O–H groups in total. The Hall–Kier alpha value is -3.65. The van der Waals surface area contributed by atoms with Crippen molar-refractivity contribution in [3.63, 3.8) is 0 Å². The molecule has 0 saturated heterocycles. The van der Waals surface area contributed by atoms with Crippen LogP contribution in [-0.2, 0) is 4.79 Å². The molecule has 0 aliphatic heterocycles. The lowest BCUT2D eigenvalue weighted by molar-refractivity contribution is -0.115. The Morgan fingerprint density at radius 3 is 2.55 bits per heavy atom. The Kier molecular flexibility index (Phi) is 6.08. The van der Waals surface area contributed by atoms with Crippen molar-refractivity contribution >= 4 is 35.0 Å². The maximum atomic E-state index is 11.6. The van der Waals surface area contributed by atoms with Crippen molar-refractivity contribution in [2.45, 2.75) is 42.2 Å². The number of carbonyl (C=O) groups is 1. The van der Waals surface area contributed by atoms with Gasteiger partial charge in [0.25, 0.3) is 0 Å². The van der Waals surface area contributed by atoms with Crippen LogP contribution in [0.25, 0.3) is 11.3 Å². The van der Waals surface area contributed by atoms with E-state index in [-0.39, 0.29) is 5.91 Å². The lowest BCUT2D eigenvalue weighted by Gasteiger charge is -2.09. The molecule has 4 aromatic rings. The van der Waals surface area contributed by atoms with E-state index < -0.39 is 0 Å². The molecule has 1 aliphatic rings. The number of aromatic amines is 1. The first kappa shape index (κ1) is 21.2. The fraction of sp³-hybridized carbons (Fsp3) is 0.200. The molecule has 8 heteroatoms. The number of amides is 1. The molecule has 2 aromatic heterocycles. The Morgan fingerprint density at radius 2 is 1.82 bits per heavy atom. The van der Waals surface area contributed by atoms with Crippen LogP contribution < -0.4 is 10.6 Å². The minimum atomic E-state index is -0.00627. The van der Waals surface area contributed by atoms with E-state index in [0.29, 0.717) is 23.3 Å². The Bertz CT molecular complexity index is 1250. The van der Waals surface area contributed by atoms with E-state index in [0.717, 1.165) is 27.7 Å². The fourth-order valence-corrected chi connectivity index (χ4v) is 4.16. The van der Waals surface area contributed by atoms with Gasteiger partial charge in [0.2, 0.25) is 5.91 Å². The third kappa shape index (κ3) is 5.40. The summed E-state index contributed by atoms with van der Waals surface area (Å²) in [6.45, 7) is 1.83. The van der Waals surface area contributed by atoms with Gasteiger partial charge in [0.05, 0.1) is 5.69 Å². The van der Waals surface area contributed by atoms with Gasteiger partial charge in [-0.1, -0.05) is 37.3 Å². The first-order valence-corrected chi connectivity index (χ1v) is 11.8. The van der Waals surface area contributed by atoms with Gasteiger partial charge < -0.3 is 10.6 Å². The Labute approximate surface area is 196 Å². The molecule has 0 spiro atoms. The van der Waals surface area contributed by atoms with Crippen LogP contribution in [0.15, 0.2) is 76.8 Å². The smallest absolute Gasteiger partial charge is 0.224 e. The summed E-state index contributed by atoms with van der Waals surface area (Å²) in [5.74, 6) is 2.04. The summed E-state index contributed by atoms with van der Waals surface area (Å²) >= 11 is 1.47. The van der Waals surface area contributed by atoms with Crippen LogP contribution in [-0.4, -0.2) is 26.1 Å². The first-order chi connectivity index (χ1) is 16.2. The Balaban J connectivity index is 1.40. The van der Waals surface area contributed by atoms with Crippen LogP contribution in [0, 0.1) is 0 Å². The number of hydrogen-bond donors (Lipinski definition) is 3. The fourth-order valence-electron chi connectivity index (χ4n) is 3.39. The van der Waals surface area contributed by atoms with Gasteiger partial charge in [-0.15, -0.1) is 0 Å². The Morgan fingerprint density at radius 1 is 1.03 bits per heavy atom. The summed E-state index contributed by atoms with van der Waals surface area (Å²) in [5.41, 5.74) is 3.79. The van der Waals surface area contributed by atoms with E-state index >= 15 is 0 Å². The molecule has 1 fully saturated rings. The average Bonchev–Trinajstić information content (AvgIpc) is 3.59. The van der Waals surface area contributed by atoms with E-state index in [1.807, 2.05) is 67.6 Å². The van der Waals surface area contributed by atoms with E-state index in [2.05, 4.69) is 26.9 Å². The van der Waals surface area contributed by atoms with Gasteiger partial charge in [-0.2, -0.15) is 5.10 Å². The molecule has 0 atom stereocenters. The van der Waals surface area contributed by atoms with E-state index in [9.17, 15) is 4.79 Å². The molecule has 0 unspecified atom stereocenters. The third-order valence-corrected chi connectivity index (χ3v) is 6.19. The maximum absolute atomic E-state index is 11.6. The molecule has 166 valence electrons. The van der Waals surface area contributed by atoms with E-state index in [1.165, 1.54) is 30.3 Å². The van der Waals surface area contributed by atoms with Crippen molar-refractivity contribution in [3.8, 4) is 11.3 Å². The third-order valence-electron chi connectivity index (χ3n) is 5.31. The van der Waals surface area contributed by atoms with Gasteiger partial charge in [-0.3, -0.25) is 9.89 Å². The summed E-state index contributed by atoms with van der Waals surface area (Å²) in [6, 6.07) is 21.7. The summed E-state index contributed by atoms with van der Waals surface area (Å²) in [5, 5.41) is 14.3. The molecular formula is C25H24N6OS. The predicted molar refractivity (Wildman–Crippen MR) is 131 cm³/mol. The number of carbonyl (C=O) groups excluding carboxylic acids is 1. The summed E-state index contributed by atoms with van der Waals surface area (Å²) < 4.78 is 0. The molecule has 2 heterocycles. The summed E-state index contributed by atoms with van der Waals surface area (Å²) in [7, 11) is 0. The highest BCUT2D eigenvalue weighted by Gasteiger charge is 2.25. The molecule has 7 nitrogen and oxygen atoms in total. The first-order valence-electron chi connectivity index (χ1n) is 11.0. The summed E-state index contributed by atoms with van der Waals surface area (Å²) in [6.07, 6.45) is 2.88. The van der Waals surface area contributed by atoms with Crippen molar-refractivity contribution in [2.75, 3.05) is 10.6 Å². The van der Waals surface area contributed by atoms with Gasteiger partial charge in [-0.05, 0) is 48.9 Å². The second kappa shape index (κ2) is 9.46. The quantitative estimate of drug-likeness (QED) is 0.282. The second-order valence-electron chi connectivity index (χ2n) is 7.92. The molecule has 0 radical (unpaired) electrons. The predicted octanol–water partition coefficient (Wildman–Crippen LogP) is 5.99. The number of H-pyrrole nitrogens is 1. The molecule has 33 heavy (non-hydrogen) atoms. The molecule has 1 saturated carbocycles. The largest absolute Gasteiger partial charge is 0.326 e. The number of anilines is 3. The molecule has 1 amide bonds. The van der Waals surface area contributed by atoms with Gasteiger partial charge >= 0.3 is 0 Å². The SMILES string of the molecule is CCC(=O)Nc1ccc(Sc2nc(Nc3cc(C4CC4)[nH]n3)cc(-c3ccccc3)n2)cc1. The monoisotopic (exact) mass is 456 g/mol. The summed E-state index contributed by atoms with van der Waals surface area (Å²) in [4.78, 5) is 22.1. The number of rotatable bonds is 8. The van der Waals surface area contributed by atoms with Crippen LogP contribution in [0.1, 0.15) is 37.8 Å². The van der Waals surface area contributed by atoms with Crippen LogP contribution in [0.3, 0.4) is 0 Å². The number of hydrogen-bond acceptors (Lipinski definition) is 6. The highest BCUT2D eigenvalue weighted by atomic mass is 32.2. The van der Waals surface area contributed by atoms with Gasteiger partial charge in [0.1, 0.15) is 5.82 Å². The molecule has 5 rings (SSSR count). The van der Waals surface area contributed by atoms with Crippen molar-refractivity contribution in [1.82, 2.24) is 20.2 Å². The minimum Gasteiger partial charge on any atom is -0.326 e. The van der Waals surface area contributed by atoms with Gasteiger partial charge in [0.15, 0.2) is 11.0 Å². The molecule has 2 aromatic carbocycles. The second-order valence-corrected chi connectivity index (χ2v) is 8.96. The standard InChI is InChI=1S/C25H24N6OS/c1-2-24(32)26-18-10-12-19(13-11-18)33-25-27-20(16-6-4-3-5-7-16)14-22(29-25)28-23-15-21(30-31-23)17-8-9-17/h3-7,10-15,17H,2,8-9H2,1H3,(H,26,32)(H2,27,28,29,30,31). The van der Waals surface area contributed by atoms with Crippen LogP contribution in [0.4, 0.5) is 17.3 Å². The lowest BCUT2D eigenvalue weighted by atomic mass is 10.1. The highest BCUT2D eigenvalue weighted by molar-refractivity contribution is 7.99. The van der Waals surface area contributed by atoms with Crippen LogP contribution in [0.2, 0.25) is 0 Å². The van der Waals surface area contributed by atoms with Crippen molar-refractivity contribution in [2.24, 2.45) is 0 Å². The normalized spacial score (nSPS) is 13.0. The molecule has 0 bridgehead atoms. The van der Waals surface area contributed by atoms with Gasteiger partial charge in [0, 0.05) is 46.3 Å². The number of benzene rings is 2. The number of aromatic nitrogens is 4. The zero-order valence-corrected chi connectivity index (χ0v) is 19.0. The van der Waals surface area contributed by atoms with Crippen LogP contribution in [0.5, 0.6) is 0 Å². The van der Waals surface area contributed by atoms with E-state index in [1.54, 1.807) is 0 Å². The lowest BCUT2D eigenvalue weighted by Crippen LogP contribution is -2.08. The zero-order valence-electron chi connectivity index (χ0n) is 18.2. The molecule has 1 aliphatic carbocycles. The molecular weight excluding hydrogens is 432 g/mol. The highest BCUT2D eigenvalue weighted by Crippen LogP contribution is 2.39.